The molecule has 9 heteroatoms. The minimum Gasteiger partial charge on any atom is -0.460 e. The van der Waals surface area contributed by atoms with Gasteiger partial charge in [0.15, 0.2) is 4.84 Å². The molecule has 0 saturated heterocycles. The Bertz CT molecular complexity index is 385. The van der Waals surface area contributed by atoms with Crippen molar-refractivity contribution in [2.45, 2.75) is 4.84 Å². The van der Waals surface area contributed by atoms with Crippen LogP contribution in [0.25, 0.3) is 0 Å². The number of nitrogens with two attached hydrogens (primary N) is 1. The SMILES string of the molecule is CNN.COCCOC(=O)c1cn(C)nc1C(Cl)Cl. The lowest BCUT2D eigenvalue weighted by molar-refractivity contribution is 0.0387. The number of rotatable bonds is 5. The Morgan fingerprint density at radius 3 is 2.63 bits per heavy atom. The Morgan fingerprint density at radius 1 is 1.58 bits per heavy atom. The second-order valence-corrected chi connectivity index (χ2v) is 4.42. The molecule has 1 rings (SSSR count). The van der Waals surface area contributed by atoms with E-state index in [2.05, 4.69) is 16.4 Å². The van der Waals surface area contributed by atoms with Gasteiger partial charge < -0.3 is 9.47 Å². The molecule has 0 fully saturated rings. The fourth-order valence-electron chi connectivity index (χ4n) is 1.12. The van der Waals surface area contributed by atoms with E-state index < -0.39 is 10.8 Å². The van der Waals surface area contributed by atoms with Crippen molar-refractivity contribution in [3.05, 3.63) is 17.5 Å². The fourth-order valence-corrected chi connectivity index (χ4v) is 1.44. The molecule has 110 valence electrons. The maximum absolute atomic E-state index is 11.6. The third-order valence-corrected chi connectivity index (χ3v) is 2.22. The summed E-state index contributed by atoms with van der Waals surface area (Å²) in [5, 5.41) is 3.98. The van der Waals surface area contributed by atoms with E-state index in [9.17, 15) is 4.79 Å². The highest BCUT2D eigenvalue weighted by molar-refractivity contribution is 6.44. The van der Waals surface area contributed by atoms with Crippen LogP contribution in [0.1, 0.15) is 20.9 Å². The highest BCUT2D eigenvalue weighted by Gasteiger charge is 2.21. The molecule has 0 radical (unpaired) electrons. The van der Waals surface area contributed by atoms with Gasteiger partial charge in [-0.25, -0.2) is 4.79 Å². The zero-order valence-electron chi connectivity index (χ0n) is 11.0. The molecular weight excluding hydrogens is 295 g/mol. The maximum Gasteiger partial charge on any atom is 0.341 e. The highest BCUT2D eigenvalue weighted by Crippen LogP contribution is 2.26. The van der Waals surface area contributed by atoms with E-state index in [1.807, 2.05) is 0 Å². The number of hydrogen-bond acceptors (Lipinski definition) is 6. The largest absolute Gasteiger partial charge is 0.460 e. The third-order valence-electron chi connectivity index (χ3n) is 1.80. The normalized spacial score (nSPS) is 10.1. The number of ether oxygens (including phenoxy) is 2. The van der Waals surface area contributed by atoms with Crippen LogP contribution in [0.3, 0.4) is 0 Å². The van der Waals surface area contributed by atoms with Gasteiger partial charge in [-0.3, -0.25) is 16.0 Å². The summed E-state index contributed by atoms with van der Waals surface area (Å²) in [6, 6.07) is 0. The van der Waals surface area contributed by atoms with E-state index >= 15 is 0 Å². The average Bonchev–Trinajstić information content (AvgIpc) is 2.73. The number of aromatic nitrogens is 2. The summed E-state index contributed by atoms with van der Waals surface area (Å²) in [4.78, 5) is 10.8. The minimum atomic E-state index is -0.855. The van der Waals surface area contributed by atoms with Gasteiger partial charge in [-0.15, -0.1) is 0 Å². The van der Waals surface area contributed by atoms with Crippen molar-refractivity contribution in [2.24, 2.45) is 12.9 Å². The molecule has 1 heterocycles. The molecule has 0 saturated carbocycles. The Kier molecular flexibility index (Phi) is 9.54. The second kappa shape index (κ2) is 9.99. The zero-order valence-corrected chi connectivity index (χ0v) is 12.5. The molecule has 0 aromatic carbocycles. The molecule has 0 bridgehead atoms. The summed E-state index contributed by atoms with van der Waals surface area (Å²) in [5.41, 5.74) is 2.82. The minimum absolute atomic E-state index is 0.179. The first-order valence-corrected chi connectivity index (χ1v) is 6.20. The van der Waals surface area contributed by atoms with E-state index in [1.54, 1.807) is 14.1 Å². The smallest absolute Gasteiger partial charge is 0.341 e. The number of carbonyl (C=O) groups excluding carboxylic acids is 1. The highest BCUT2D eigenvalue weighted by atomic mass is 35.5. The first kappa shape index (κ1) is 18.1. The molecule has 7 nitrogen and oxygen atoms in total. The van der Waals surface area contributed by atoms with Crippen LogP contribution in [0.5, 0.6) is 0 Å². The van der Waals surface area contributed by atoms with Crippen LogP contribution in [0.15, 0.2) is 6.20 Å². The van der Waals surface area contributed by atoms with Gasteiger partial charge in [0.25, 0.3) is 0 Å². The first-order chi connectivity index (χ1) is 8.97. The first-order valence-electron chi connectivity index (χ1n) is 5.33. The van der Waals surface area contributed by atoms with Gasteiger partial charge >= 0.3 is 5.97 Å². The van der Waals surface area contributed by atoms with Crippen molar-refractivity contribution in [3.63, 3.8) is 0 Å². The maximum atomic E-state index is 11.6. The van der Waals surface area contributed by atoms with Crippen LogP contribution in [-0.4, -0.2) is 43.1 Å². The molecule has 0 atom stereocenters. The van der Waals surface area contributed by atoms with Gasteiger partial charge in [-0.1, -0.05) is 23.2 Å². The monoisotopic (exact) mass is 312 g/mol. The standard InChI is InChI=1S/C9H12Cl2N2O3.CH6N2/c1-13-5-6(7(12-13)8(10)11)9(14)16-4-3-15-2;1-3-2/h5,8H,3-4H2,1-2H3;3H,2H2,1H3. The Morgan fingerprint density at radius 2 is 2.16 bits per heavy atom. The van der Waals surface area contributed by atoms with Gasteiger partial charge in [0.2, 0.25) is 0 Å². The molecule has 0 amide bonds. The quantitative estimate of drug-likeness (QED) is 0.274. The number of esters is 1. The number of methoxy groups -OCH3 is 1. The van der Waals surface area contributed by atoms with Crippen LogP contribution < -0.4 is 11.3 Å². The molecule has 1 aromatic heterocycles. The van der Waals surface area contributed by atoms with E-state index in [0.717, 1.165) is 0 Å². The summed E-state index contributed by atoms with van der Waals surface area (Å²) in [5.74, 6) is 4.09. The van der Waals surface area contributed by atoms with E-state index in [1.165, 1.54) is 18.0 Å². The Labute approximate surface area is 121 Å². The van der Waals surface area contributed by atoms with Crippen molar-refractivity contribution in [2.75, 3.05) is 27.4 Å². The van der Waals surface area contributed by atoms with Crippen molar-refractivity contribution in [1.82, 2.24) is 15.2 Å². The summed E-state index contributed by atoms with van der Waals surface area (Å²) in [6.45, 7) is 0.519. The van der Waals surface area contributed by atoms with Crippen LogP contribution in [0.2, 0.25) is 0 Å². The predicted molar refractivity (Wildman–Crippen MR) is 73.1 cm³/mol. The Balaban J connectivity index is 0.000000982. The molecule has 3 N–H and O–H groups in total. The topological polar surface area (TPSA) is 91.4 Å². The van der Waals surface area contributed by atoms with Gasteiger partial charge in [0, 0.05) is 20.4 Å². The molecular formula is C10H18Cl2N4O3. The van der Waals surface area contributed by atoms with Crippen LogP contribution in [0.4, 0.5) is 0 Å². The van der Waals surface area contributed by atoms with Gasteiger partial charge in [0.1, 0.15) is 17.9 Å². The lowest BCUT2D eigenvalue weighted by Crippen LogP contribution is -2.13. The number of carbonyl (C=O) groups is 1. The fraction of sp³-hybridized carbons (Fsp3) is 0.600. The molecule has 1 aromatic rings. The number of aryl methyl sites for hydroxylation is 1. The van der Waals surface area contributed by atoms with Crippen molar-refractivity contribution >= 4 is 29.2 Å². The average molecular weight is 313 g/mol. The van der Waals surface area contributed by atoms with Crippen LogP contribution >= 0.6 is 23.2 Å². The van der Waals surface area contributed by atoms with Gasteiger partial charge in [0.05, 0.1) is 6.61 Å². The summed E-state index contributed by atoms with van der Waals surface area (Å²) >= 11 is 11.4. The number of hydrazine groups is 1. The van der Waals surface area contributed by atoms with Crippen molar-refractivity contribution in [3.8, 4) is 0 Å². The third kappa shape index (κ3) is 6.74. The molecule has 0 unspecified atom stereocenters. The van der Waals surface area contributed by atoms with Gasteiger partial charge in [-0.05, 0) is 7.05 Å². The number of nitrogens with zero attached hydrogens (tertiary/aromatic N) is 2. The molecule has 0 spiro atoms. The zero-order chi connectivity index (χ0) is 14.8. The summed E-state index contributed by atoms with van der Waals surface area (Å²) < 4.78 is 11.2. The van der Waals surface area contributed by atoms with Crippen LogP contribution in [-0.2, 0) is 16.5 Å². The number of nitrogens with one attached hydrogen (secondary N) is 1. The van der Waals surface area contributed by atoms with Crippen molar-refractivity contribution in [1.29, 1.82) is 0 Å². The number of hydrogen-bond donors (Lipinski definition) is 2. The van der Waals surface area contributed by atoms with E-state index in [0.29, 0.717) is 12.3 Å². The van der Waals surface area contributed by atoms with E-state index in [4.69, 9.17) is 32.7 Å². The molecule has 0 aliphatic heterocycles. The lowest BCUT2D eigenvalue weighted by atomic mass is 10.3. The Hall–Kier alpha value is -0.860. The summed E-state index contributed by atoms with van der Waals surface area (Å²) in [7, 11) is 4.85. The number of alkyl halides is 2. The second-order valence-electron chi connectivity index (χ2n) is 3.32. The summed E-state index contributed by atoms with van der Waals surface area (Å²) in [6.07, 6.45) is 1.52. The van der Waals surface area contributed by atoms with Gasteiger partial charge in [-0.2, -0.15) is 5.10 Å². The molecule has 19 heavy (non-hydrogen) atoms. The van der Waals surface area contributed by atoms with E-state index in [-0.39, 0.29) is 12.2 Å². The predicted octanol–water partition coefficient (Wildman–Crippen LogP) is 0.779. The van der Waals surface area contributed by atoms with Crippen molar-refractivity contribution < 1.29 is 14.3 Å². The lowest BCUT2D eigenvalue weighted by Gasteiger charge is -2.04. The number of halogens is 2. The van der Waals surface area contributed by atoms with Crippen LogP contribution in [0, 0.1) is 0 Å². The molecule has 0 aliphatic rings. The molecule has 0 aliphatic carbocycles.